The van der Waals surface area contributed by atoms with Gasteiger partial charge in [-0.15, -0.1) is 0 Å². The van der Waals surface area contributed by atoms with Crippen LogP contribution >= 0.6 is 34.2 Å². The van der Waals surface area contributed by atoms with Crippen LogP contribution < -0.4 is 0 Å². The maximum atomic E-state index is 9.66. The Balaban J connectivity index is 3.32. The molecule has 0 aliphatic carbocycles. The predicted octanol–water partition coefficient (Wildman–Crippen LogP) is 3.95. The highest BCUT2D eigenvalue weighted by Gasteiger charge is 2.19. The maximum absolute atomic E-state index is 9.66. The summed E-state index contributed by atoms with van der Waals surface area (Å²) >= 11 is 8.03. The van der Waals surface area contributed by atoms with E-state index in [2.05, 4.69) is 43.4 Å². The van der Waals surface area contributed by atoms with Crippen molar-refractivity contribution in [2.24, 2.45) is 0 Å². The minimum atomic E-state index is -0.0470. The molecule has 0 unspecified atom stereocenters. The molecule has 0 saturated heterocycles. The van der Waals surface area contributed by atoms with Crippen LogP contribution in [0.2, 0.25) is 5.02 Å². The first-order chi connectivity index (χ1) is 5.82. The van der Waals surface area contributed by atoms with Crippen LogP contribution in [0.3, 0.4) is 0 Å². The summed E-state index contributed by atoms with van der Waals surface area (Å²) < 4.78 is 0.974. The fourth-order valence-corrected chi connectivity index (χ4v) is 1.76. The first-order valence-electron chi connectivity index (χ1n) is 4.01. The number of benzene rings is 1. The van der Waals surface area contributed by atoms with Crippen LogP contribution in [0.5, 0.6) is 5.75 Å². The van der Waals surface area contributed by atoms with Crippen LogP contribution in [-0.2, 0) is 5.41 Å². The zero-order valence-corrected chi connectivity index (χ0v) is 10.8. The van der Waals surface area contributed by atoms with Gasteiger partial charge in [-0.05, 0) is 40.1 Å². The van der Waals surface area contributed by atoms with Crippen LogP contribution in [-0.4, -0.2) is 5.11 Å². The highest BCUT2D eigenvalue weighted by Crippen LogP contribution is 2.35. The number of phenolic OH excluding ortho intramolecular Hbond substituents is 1. The fourth-order valence-electron chi connectivity index (χ4n) is 1.14. The van der Waals surface area contributed by atoms with Crippen LogP contribution in [0.15, 0.2) is 12.1 Å². The fraction of sp³-hybridized carbons (Fsp3) is 0.400. The van der Waals surface area contributed by atoms with Gasteiger partial charge in [0.2, 0.25) is 0 Å². The van der Waals surface area contributed by atoms with Crippen molar-refractivity contribution in [3.05, 3.63) is 26.3 Å². The van der Waals surface area contributed by atoms with Gasteiger partial charge in [0.15, 0.2) is 0 Å². The van der Waals surface area contributed by atoms with Crippen LogP contribution in [0.1, 0.15) is 26.3 Å². The van der Waals surface area contributed by atoms with Gasteiger partial charge < -0.3 is 5.11 Å². The molecule has 0 atom stereocenters. The first-order valence-corrected chi connectivity index (χ1v) is 5.46. The maximum Gasteiger partial charge on any atom is 0.120 e. The van der Waals surface area contributed by atoms with Gasteiger partial charge in [0.1, 0.15) is 5.75 Å². The van der Waals surface area contributed by atoms with Gasteiger partial charge in [-0.2, -0.15) is 0 Å². The lowest BCUT2D eigenvalue weighted by molar-refractivity contribution is 0.446. The van der Waals surface area contributed by atoms with Gasteiger partial charge in [0.05, 0.1) is 5.02 Å². The molecule has 0 bridgehead atoms. The van der Waals surface area contributed by atoms with Crippen molar-refractivity contribution in [2.45, 2.75) is 26.2 Å². The van der Waals surface area contributed by atoms with E-state index in [9.17, 15) is 5.11 Å². The molecule has 0 fully saturated rings. The number of aromatic hydroxyl groups is 1. The van der Waals surface area contributed by atoms with E-state index in [1.165, 1.54) is 0 Å². The third kappa shape index (κ3) is 2.50. The Labute approximate surface area is 97.3 Å². The van der Waals surface area contributed by atoms with Crippen molar-refractivity contribution < 1.29 is 5.11 Å². The number of halogens is 2. The van der Waals surface area contributed by atoms with Crippen LogP contribution in [0, 0.1) is 3.57 Å². The van der Waals surface area contributed by atoms with Crippen LogP contribution in [0.4, 0.5) is 0 Å². The van der Waals surface area contributed by atoms with Gasteiger partial charge in [-0.1, -0.05) is 32.4 Å². The highest BCUT2D eigenvalue weighted by molar-refractivity contribution is 14.1. The summed E-state index contributed by atoms with van der Waals surface area (Å²) in [6.07, 6.45) is 0. The molecule has 0 aromatic heterocycles. The van der Waals surface area contributed by atoms with Crippen molar-refractivity contribution in [1.82, 2.24) is 0 Å². The standard InChI is InChI=1S/C10H12ClIO/c1-10(2,3)6-4-8(12)7(11)5-9(6)13/h4-5,13H,1-3H3. The lowest BCUT2D eigenvalue weighted by atomic mass is 9.86. The van der Waals surface area contributed by atoms with E-state index in [-0.39, 0.29) is 11.2 Å². The highest BCUT2D eigenvalue weighted by atomic mass is 127. The number of hydrogen-bond acceptors (Lipinski definition) is 1. The van der Waals surface area contributed by atoms with Gasteiger partial charge >= 0.3 is 0 Å². The topological polar surface area (TPSA) is 20.2 Å². The van der Waals surface area contributed by atoms with E-state index in [0.29, 0.717) is 5.02 Å². The molecule has 1 nitrogen and oxygen atoms in total. The van der Waals surface area contributed by atoms with Crippen molar-refractivity contribution in [3.63, 3.8) is 0 Å². The third-order valence-corrected chi connectivity index (χ3v) is 3.37. The van der Waals surface area contributed by atoms with Crippen molar-refractivity contribution in [2.75, 3.05) is 0 Å². The normalized spacial score (nSPS) is 11.8. The molecule has 0 saturated carbocycles. The number of hydrogen-bond donors (Lipinski definition) is 1. The summed E-state index contributed by atoms with van der Waals surface area (Å²) in [7, 11) is 0. The first kappa shape index (κ1) is 11.1. The Bertz CT molecular complexity index is 328. The Morgan fingerprint density at radius 1 is 1.31 bits per heavy atom. The molecule has 0 aliphatic rings. The van der Waals surface area contributed by atoms with Gasteiger partial charge in [0, 0.05) is 9.13 Å². The molecule has 0 radical (unpaired) electrons. The van der Waals surface area contributed by atoms with E-state index < -0.39 is 0 Å². The van der Waals surface area contributed by atoms with Crippen molar-refractivity contribution >= 4 is 34.2 Å². The molecule has 0 amide bonds. The molecule has 1 N–H and O–H groups in total. The molecule has 0 aliphatic heterocycles. The Kier molecular flexibility index (Phi) is 3.12. The summed E-state index contributed by atoms with van der Waals surface area (Å²) in [6.45, 7) is 6.18. The molecule has 1 rings (SSSR count). The predicted molar refractivity (Wildman–Crippen MR) is 64.5 cm³/mol. The summed E-state index contributed by atoms with van der Waals surface area (Å²) in [5, 5.41) is 10.3. The summed E-state index contributed by atoms with van der Waals surface area (Å²) in [4.78, 5) is 0. The van der Waals surface area contributed by atoms with E-state index in [1.807, 2.05) is 6.07 Å². The molecular weight excluding hydrogens is 298 g/mol. The van der Waals surface area contributed by atoms with E-state index in [4.69, 9.17) is 11.6 Å². The molecule has 0 heterocycles. The van der Waals surface area contributed by atoms with Gasteiger partial charge in [0.25, 0.3) is 0 Å². The Hall–Kier alpha value is 0.0400. The smallest absolute Gasteiger partial charge is 0.120 e. The number of phenols is 1. The molecular formula is C10H12ClIO. The molecule has 3 heteroatoms. The summed E-state index contributed by atoms with van der Waals surface area (Å²) in [5.41, 5.74) is 0.885. The van der Waals surface area contributed by atoms with Crippen LogP contribution in [0.25, 0.3) is 0 Å². The van der Waals surface area contributed by atoms with E-state index in [0.717, 1.165) is 9.13 Å². The Morgan fingerprint density at radius 3 is 2.31 bits per heavy atom. The quantitative estimate of drug-likeness (QED) is 0.720. The average molecular weight is 311 g/mol. The lowest BCUT2D eigenvalue weighted by Gasteiger charge is -2.20. The minimum absolute atomic E-state index is 0.0470. The summed E-state index contributed by atoms with van der Waals surface area (Å²) in [5.74, 6) is 0.276. The molecule has 72 valence electrons. The zero-order chi connectivity index (χ0) is 10.2. The zero-order valence-electron chi connectivity index (χ0n) is 7.86. The molecule has 0 spiro atoms. The largest absolute Gasteiger partial charge is 0.508 e. The minimum Gasteiger partial charge on any atom is -0.508 e. The monoisotopic (exact) mass is 310 g/mol. The molecule has 1 aromatic rings. The van der Waals surface area contributed by atoms with Gasteiger partial charge in [-0.3, -0.25) is 0 Å². The number of rotatable bonds is 0. The SMILES string of the molecule is CC(C)(C)c1cc(I)c(Cl)cc1O. The van der Waals surface area contributed by atoms with E-state index >= 15 is 0 Å². The second kappa shape index (κ2) is 3.65. The average Bonchev–Trinajstić information content (AvgIpc) is 1.94. The second-order valence-corrected chi connectivity index (χ2v) is 5.60. The van der Waals surface area contributed by atoms with Gasteiger partial charge in [-0.25, -0.2) is 0 Å². The Morgan fingerprint density at radius 2 is 1.85 bits per heavy atom. The van der Waals surface area contributed by atoms with E-state index in [1.54, 1.807) is 6.07 Å². The second-order valence-electron chi connectivity index (χ2n) is 4.03. The van der Waals surface area contributed by atoms with Crippen molar-refractivity contribution in [1.29, 1.82) is 0 Å². The third-order valence-electron chi connectivity index (χ3n) is 1.85. The summed E-state index contributed by atoms with van der Waals surface area (Å²) in [6, 6.07) is 3.53. The lowest BCUT2D eigenvalue weighted by Crippen LogP contribution is -2.11. The molecule has 1 aromatic carbocycles. The van der Waals surface area contributed by atoms with Crippen molar-refractivity contribution in [3.8, 4) is 5.75 Å². The molecule has 13 heavy (non-hydrogen) atoms.